The van der Waals surface area contributed by atoms with Crippen LogP contribution in [-0.2, 0) is 6.54 Å². The van der Waals surface area contributed by atoms with Gasteiger partial charge in [0.05, 0.1) is 11.0 Å². The summed E-state index contributed by atoms with van der Waals surface area (Å²) in [6.45, 7) is 6.62. The van der Waals surface area contributed by atoms with E-state index in [1.165, 1.54) is 5.56 Å². The number of para-hydroxylation sites is 2. The lowest BCUT2D eigenvalue weighted by Crippen LogP contribution is -2.24. The molecule has 0 aliphatic carbocycles. The molecule has 5 aromatic rings. The molecule has 0 saturated heterocycles. The predicted octanol–water partition coefficient (Wildman–Crippen LogP) is 4.31. The molecule has 0 bridgehead atoms. The lowest BCUT2D eigenvalue weighted by molar-refractivity contribution is 0.624. The summed E-state index contributed by atoms with van der Waals surface area (Å²) in [4.78, 5) is 28.0. The fourth-order valence-electron chi connectivity index (χ4n) is 3.86. The van der Waals surface area contributed by atoms with E-state index in [-0.39, 0.29) is 5.56 Å². The second-order valence-electron chi connectivity index (χ2n) is 7.37. The van der Waals surface area contributed by atoms with Crippen molar-refractivity contribution in [1.82, 2.24) is 24.1 Å². The summed E-state index contributed by atoms with van der Waals surface area (Å²) in [6.07, 6.45) is 0.860. The van der Waals surface area contributed by atoms with Crippen LogP contribution in [0.2, 0.25) is 0 Å². The van der Waals surface area contributed by atoms with Crippen molar-refractivity contribution in [2.24, 2.45) is 0 Å². The van der Waals surface area contributed by atoms with Crippen LogP contribution in [0.1, 0.15) is 24.7 Å². The molecule has 0 saturated carbocycles. The molecule has 6 heteroatoms. The van der Waals surface area contributed by atoms with Gasteiger partial charge in [-0.25, -0.2) is 15.0 Å². The molecular weight excluding hydrogens is 362 g/mol. The van der Waals surface area contributed by atoms with Gasteiger partial charge in [-0.2, -0.15) is 0 Å². The number of benzene rings is 2. The Hall–Kier alpha value is -3.54. The van der Waals surface area contributed by atoms with E-state index in [2.05, 4.69) is 13.8 Å². The van der Waals surface area contributed by atoms with Gasteiger partial charge in [0, 0.05) is 12.2 Å². The van der Waals surface area contributed by atoms with Gasteiger partial charge in [-0.3, -0.25) is 13.9 Å². The van der Waals surface area contributed by atoms with Gasteiger partial charge < -0.3 is 0 Å². The molecule has 0 fully saturated rings. The fraction of sp³-hybridized carbons (Fsp3) is 0.217. The van der Waals surface area contributed by atoms with E-state index in [4.69, 9.17) is 15.0 Å². The summed E-state index contributed by atoms with van der Waals surface area (Å²) >= 11 is 0. The zero-order valence-electron chi connectivity index (χ0n) is 16.7. The molecule has 0 aliphatic heterocycles. The van der Waals surface area contributed by atoms with Gasteiger partial charge >= 0.3 is 0 Å². The average Bonchev–Trinajstić information content (AvgIpc) is 3.03. The Morgan fingerprint density at radius 1 is 0.862 bits per heavy atom. The molecule has 2 aromatic carbocycles. The van der Waals surface area contributed by atoms with Gasteiger partial charge in [0.2, 0.25) is 0 Å². The predicted molar refractivity (Wildman–Crippen MR) is 116 cm³/mol. The van der Waals surface area contributed by atoms with Gasteiger partial charge in [0.25, 0.3) is 5.56 Å². The molecule has 0 unspecified atom stereocenters. The zero-order valence-corrected chi connectivity index (χ0v) is 16.7. The lowest BCUT2D eigenvalue weighted by Gasteiger charge is -2.10. The largest absolute Gasteiger partial charge is 0.296 e. The summed E-state index contributed by atoms with van der Waals surface area (Å²) in [5, 5.41) is 0.526. The summed E-state index contributed by atoms with van der Waals surface area (Å²) in [7, 11) is 0. The van der Waals surface area contributed by atoms with Crippen LogP contribution < -0.4 is 5.56 Å². The first-order chi connectivity index (χ1) is 14.1. The number of aryl methyl sites for hydroxylation is 2. The minimum absolute atomic E-state index is 0.0604. The van der Waals surface area contributed by atoms with E-state index < -0.39 is 0 Å². The smallest absolute Gasteiger partial charge is 0.265 e. The van der Waals surface area contributed by atoms with Gasteiger partial charge in [0.1, 0.15) is 16.7 Å². The highest BCUT2D eigenvalue weighted by atomic mass is 16.1. The first-order valence-electron chi connectivity index (χ1n) is 9.84. The quantitative estimate of drug-likeness (QED) is 0.466. The van der Waals surface area contributed by atoms with Crippen molar-refractivity contribution >= 4 is 33.2 Å². The molecule has 0 amide bonds. The fourth-order valence-corrected chi connectivity index (χ4v) is 3.86. The maximum absolute atomic E-state index is 13.4. The topological polar surface area (TPSA) is 65.6 Å². The molecule has 144 valence electrons. The minimum atomic E-state index is -0.0604. The minimum Gasteiger partial charge on any atom is -0.296 e. The van der Waals surface area contributed by atoms with E-state index >= 15 is 0 Å². The maximum Gasteiger partial charge on any atom is 0.265 e. The molecule has 0 radical (unpaired) electrons. The van der Waals surface area contributed by atoms with Crippen LogP contribution in [0.3, 0.4) is 0 Å². The van der Waals surface area contributed by atoms with Crippen molar-refractivity contribution in [3.63, 3.8) is 0 Å². The second kappa shape index (κ2) is 6.51. The lowest BCUT2D eigenvalue weighted by atomic mass is 10.2. The molecule has 0 spiro atoms. The third-order valence-corrected chi connectivity index (χ3v) is 5.29. The molecule has 3 heterocycles. The molecule has 6 nitrogen and oxygen atoms in total. The molecule has 0 N–H and O–H groups in total. The molecule has 29 heavy (non-hydrogen) atoms. The first-order valence-corrected chi connectivity index (χ1v) is 9.84. The van der Waals surface area contributed by atoms with Crippen LogP contribution >= 0.6 is 0 Å². The molecule has 5 rings (SSSR count). The molecule has 0 atom stereocenters. The van der Waals surface area contributed by atoms with E-state index in [1.54, 1.807) is 4.57 Å². The van der Waals surface area contributed by atoms with Crippen molar-refractivity contribution < 1.29 is 0 Å². The highest BCUT2D eigenvalue weighted by Crippen LogP contribution is 2.28. The molecule has 0 aliphatic rings. The third kappa shape index (κ3) is 2.63. The van der Waals surface area contributed by atoms with Crippen LogP contribution in [-0.4, -0.2) is 24.1 Å². The normalized spacial score (nSPS) is 11.7. The van der Waals surface area contributed by atoms with Crippen LogP contribution in [0.15, 0.2) is 53.3 Å². The standard InChI is InChI=1S/C23H21N5O/c1-4-13-27-15(3)24-21-19(23(27)29)20-22(26-18-8-6-5-7-17(18)25-20)28(21)16-11-9-14(2)10-12-16/h5-12H,4,13H2,1-3H3. The van der Waals surface area contributed by atoms with Crippen LogP contribution in [0.25, 0.3) is 38.9 Å². The van der Waals surface area contributed by atoms with Crippen LogP contribution in [0.5, 0.6) is 0 Å². The van der Waals surface area contributed by atoms with Crippen LogP contribution in [0, 0.1) is 13.8 Å². The monoisotopic (exact) mass is 383 g/mol. The third-order valence-electron chi connectivity index (χ3n) is 5.29. The van der Waals surface area contributed by atoms with E-state index in [1.807, 2.05) is 60.0 Å². The van der Waals surface area contributed by atoms with Gasteiger partial charge in [0.15, 0.2) is 11.3 Å². The summed E-state index contributed by atoms with van der Waals surface area (Å²) in [5.74, 6) is 0.699. The SMILES string of the molecule is CCCn1c(C)nc2c(c1=O)c1nc3ccccc3nc1n2-c1ccc(C)cc1. The van der Waals surface area contributed by atoms with E-state index in [0.29, 0.717) is 34.6 Å². The molecule has 3 aromatic heterocycles. The Morgan fingerprint density at radius 3 is 2.24 bits per heavy atom. The van der Waals surface area contributed by atoms with Crippen LogP contribution in [0.4, 0.5) is 0 Å². The second-order valence-corrected chi connectivity index (χ2v) is 7.37. The van der Waals surface area contributed by atoms with Crippen molar-refractivity contribution in [1.29, 1.82) is 0 Å². The molecular formula is C23H21N5O. The van der Waals surface area contributed by atoms with Crippen molar-refractivity contribution in [3.05, 3.63) is 70.3 Å². The maximum atomic E-state index is 13.4. The summed E-state index contributed by atoms with van der Waals surface area (Å²) < 4.78 is 3.69. The Labute approximate surface area is 167 Å². The van der Waals surface area contributed by atoms with Gasteiger partial charge in [-0.1, -0.05) is 36.8 Å². The average molecular weight is 383 g/mol. The highest BCUT2D eigenvalue weighted by molar-refractivity contribution is 6.05. The number of rotatable bonds is 3. The summed E-state index contributed by atoms with van der Waals surface area (Å²) in [6, 6.07) is 15.9. The summed E-state index contributed by atoms with van der Waals surface area (Å²) in [5.41, 5.74) is 5.44. The van der Waals surface area contributed by atoms with Gasteiger partial charge in [-0.05, 0) is 44.5 Å². The Bertz CT molecular complexity index is 1440. The Balaban J connectivity index is 2.01. The number of aromatic nitrogens is 5. The first kappa shape index (κ1) is 17.6. The number of hydrogen-bond donors (Lipinski definition) is 0. The Kier molecular flexibility index (Phi) is 3.94. The number of fused-ring (bicyclic) bond motifs is 4. The van der Waals surface area contributed by atoms with Crippen molar-refractivity contribution in [3.8, 4) is 5.69 Å². The van der Waals surface area contributed by atoms with E-state index in [0.717, 1.165) is 23.1 Å². The van der Waals surface area contributed by atoms with Crippen molar-refractivity contribution in [2.45, 2.75) is 33.7 Å². The van der Waals surface area contributed by atoms with Gasteiger partial charge in [-0.15, -0.1) is 0 Å². The number of hydrogen-bond acceptors (Lipinski definition) is 4. The Morgan fingerprint density at radius 2 is 1.55 bits per heavy atom. The highest BCUT2D eigenvalue weighted by Gasteiger charge is 2.21. The zero-order chi connectivity index (χ0) is 20.1. The van der Waals surface area contributed by atoms with Crippen molar-refractivity contribution in [2.75, 3.05) is 0 Å². The van der Waals surface area contributed by atoms with E-state index in [9.17, 15) is 4.79 Å². The number of nitrogens with zero attached hydrogens (tertiary/aromatic N) is 5.